The Bertz CT molecular complexity index is 2590. The van der Waals surface area contributed by atoms with Crippen molar-refractivity contribution in [2.75, 3.05) is 0 Å². The van der Waals surface area contributed by atoms with Gasteiger partial charge in [-0.3, -0.25) is 0 Å². The Morgan fingerprint density at radius 2 is 1.25 bits per heavy atom. The van der Waals surface area contributed by atoms with Crippen molar-refractivity contribution in [1.82, 2.24) is 0 Å². The zero-order valence-electron chi connectivity index (χ0n) is 26.0. The molecule has 7 rings (SSSR count). The summed E-state index contributed by atoms with van der Waals surface area (Å²) in [5, 5.41) is 9.75. The molecule has 0 spiro atoms. The van der Waals surface area contributed by atoms with Gasteiger partial charge < -0.3 is 0 Å². The molecule has 48 heavy (non-hydrogen) atoms. The zero-order chi connectivity index (χ0) is 34.2. The van der Waals surface area contributed by atoms with Crippen LogP contribution in [0.2, 0.25) is 0 Å². The van der Waals surface area contributed by atoms with E-state index in [-0.39, 0.29) is 36.3 Å². The van der Waals surface area contributed by atoms with E-state index < -0.39 is 19.7 Å². The topological polar surface area (TPSA) is 101 Å². The van der Waals surface area contributed by atoms with E-state index in [0.717, 1.165) is 38.6 Å². The number of nitriles is 1. The van der Waals surface area contributed by atoms with Gasteiger partial charge in [0.1, 0.15) is 0 Å². The van der Waals surface area contributed by atoms with Crippen molar-refractivity contribution in [3.05, 3.63) is 137 Å². The first-order chi connectivity index (χ1) is 23.0. The maximum atomic E-state index is 13.8. The van der Waals surface area contributed by atoms with Gasteiger partial charge in [0.2, 0.25) is 19.7 Å². The number of benzene rings is 2. The van der Waals surface area contributed by atoms with Crippen LogP contribution in [0.5, 0.6) is 0 Å². The maximum Gasteiger partial charge on any atom is 0.270 e. The van der Waals surface area contributed by atoms with Crippen molar-refractivity contribution < 1.29 is 16.8 Å². The van der Waals surface area contributed by atoms with Crippen LogP contribution in [0, 0.1) is 24.5 Å². The summed E-state index contributed by atoms with van der Waals surface area (Å²) >= 11 is 2.93. The van der Waals surface area contributed by atoms with Gasteiger partial charge in [0.25, 0.3) is 5.70 Å². The van der Waals surface area contributed by atoms with Crippen molar-refractivity contribution in [1.29, 1.82) is 5.26 Å². The molecular formula is C37H25N3O4S4. The van der Waals surface area contributed by atoms with E-state index in [2.05, 4.69) is 29.6 Å². The highest BCUT2D eigenvalue weighted by Crippen LogP contribution is 2.59. The number of rotatable bonds is 4. The first-order valence-electron chi connectivity index (χ1n) is 15.0. The molecule has 0 atom stereocenters. The van der Waals surface area contributed by atoms with Crippen LogP contribution in [-0.4, -0.2) is 16.8 Å². The third-order valence-electron chi connectivity index (χ3n) is 9.44. The molecule has 0 amide bonds. The normalized spacial score (nSPS) is 21.1. The summed E-state index contributed by atoms with van der Waals surface area (Å²) < 4.78 is 55.0. The van der Waals surface area contributed by atoms with Gasteiger partial charge in [-0.15, -0.1) is 22.7 Å². The third-order valence-corrected chi connectivity index (χ3v) is 15.4. The fourth-order valence-corrected chi connectivity index (χ4v) is 13.3. The third kappa shape index (κ3) is 4.24. The summed E-state index contributed by atoms with van der Waals surface area (Å²) in [6.45, 7) is 21.1. The molecule has 4 heterocycles. The first kappa shape index (κ1) is 31.8. The molecule has 1 aliphatic carbocycles. The molecule has 0 fully saturated rings. The molecule has 7 nitrogen and oxygen atoms in total. The number of hydrogen-bond acceptors (Lipinski definition) is 7. The minimum Gasteiger partial charge on any atom is -0.242 e. The van der Waals surface area contributed by atoms with Crippen LogP contribution in [-0.2, 0) is 25.1 Å². The van der Waals surface area contributed by atoms with Crippen molar-refractivity contribution in [3.63, 3.8) is 0 Å². The molecular weight excluding hydrogens is 679 g/mol. The Morgan fingerprint density at radius 3 is 1.69 bits per heavy atom. The van der Waals surface area contributed by atoms with Gasteiger partial charge in [-0.25, -0.2) is 31.8 Å². The molecule has 0 radical (unpaired) electrons. The first-order valence-corrected chi connectivity index (χ1v) is 19.6. The lowest BCUT2D eigenvalue weighted by Crippen LogP contribution is -2.22. The van der Waals surface area contributed by atoms with E-state index in [1.807, 2.05) is 12.1 Å². The number of hydrogen-bond donors (Lipinski definition) is 0. The van der Waals surface area contributed by atoms with Crippen LogP contribution in [0.4, 0.5) is 0 Å². The highest BCUT2D eigenvalue weighted by Gasteiger charge is 2.45. The average molecular weight is 704 g/mol. The fourth-order valence-electron chi connectivity index (χ4n) is 7.12. The quantitative estimate of drug-likeness (QED) is 0.156. The molecule has 0 N–H and O–H groups in total. The summed E-state index contributed by atoms with van der Waals surface area (Å²) in [5.74, 6) is 0. The lowest BCUT2D eigenvalue weighted by Gasteiger charge is -2.28. The minimum atomic E-state index is -3.98. The van der Waals surface area contributed by atoms with Gasteiger partial charge in [-0.05, 0) is 78.4 Å². The molecule has 0 saturated carbocycles. The molecule has 2 aromatic heterocycles. The molecule has 3 aliphatic rings. The fraction of sp³-hybridized carbons (Fsp3) is 0.162. The van der Waals surface area contributed by atoms with E-state index in [1.165, 1.54) is 28.7 Å². The predicted octanol–water partition coefficient (Wildman–Crippen LogP) is 9.36. The van der Waals surface area contributed by atoms with Crippen molar-refractivity contribution in [2.24, 2.45) is 0 Å². The zero-order valence-corrected chi connectivity index (χ0v) is 29.2. The summed E-state index contributed by atoms with van der Waals surface area (Å²) in [7, 11) is -7.83. The summed E-state index contributed by atoms with van der Waals surface area (Å²) in [6, 6.07) is 19.2. The van der Waals surface area contributed by atoms with E-state index >= 15 is 0 Å². The Labute approximate surface area is 287 Å². The van der Waals surface area contributed by atoms with Crippen molar-refractivity contribution >= 4 is 65.6 Å². The highest BCUT2D eigenvalue weighted by atomic mass is 32.2. The average Bonchev–Trinajstić information content (AvgIpc) is 3.84. The van der Waals surface area contributed by atoms with Gasteiger partial charge in [0, 0.05) is 36.1 Å². The monoisotopic (exact) mass is 703 g/mol. The number of sulfone groups is 2. The lowest BCUT2D eigenvalue weighted by molar-refractivity contribution is 0.492. The number of allylic oxidation sites excluding steroid dienone is 4. The van der Waals surface area contributed by atoms with Gasteiger partial charge in [-0.2, -0.15) is 0 Å². The van der Waals surface area contributed by atoms with E-state index in [9.17, 15) is 22.1 Å². The second-order valence-corrected chi connectivity index (χ2v) is 17.5. The molecule has 2 aliphatic heterocycles. The van der Waals surface area contributed by atoms with Crippen LogP contribution in [0.25, 0.3) is 42.7 Å². The molecule has 0 saturated heterocycles. The summed E-state index contributed by atoms with van der Waals surface area (Å²) in [5.41, 5.74) is 3.27. The van der Waals surface area contributed by atoms with Crippen LogP contribution in [0.1, 0.15) is 65.6 Å². The minimum absolute atomic E-state index is 0.0629. The van der Waals surface area contributed by atoms with E-state index in [1.54, 1.807) is 61.5 Å². The van der Waals surface area contributed by atoms with Gasteiger partial charge in [0.15, 0.2) is 5.70 Å². The maximum absolute atomic E-state index is 13.8. The second-order valence-electron chi connectivity index (χ2n) is 11.6. The van der Waals surface area contributed by atoms with Crippen LogP contribution >= 0.6 is 22.7 Å². The Balaban J connectivity index is 1.41. The van der Waals surface area contributed by atoms with Gasteiger partial charge >= 0.3 is 0 Å². The number of nitrogens with zero attached hydrogens (tertiary/aromatic N) is 3. The van der Waals surface area contributed by atoms with Gasteiger partial charge in [-0.1, -0.05) is 50.2 Å². The molecule has 236 valence electrons. The SMILES string of the molecule is [C-]#[N+]C(C)=C1/C(=C/c2cc3c(s2)-c2sc(C=C4/C(=C(\C#N)[N+]#[C-])c5ccccc5S4(=O)=O)cc2C3(CC)CC)S(=O)(=O)c2ccccc21. The number of thiophene rings is 2. The Kier molecular flexibility index (Phi) is 7.36. The van der Waals surface area contributed by atoms with Crippen LogP contribution in [0.3, 0.4) is 0 Å². The Morgan fingerprint density at radius 1 is 0.792 bits per heavy atom. The van der Waals surface area contributed by atoms with Crippen molar-refractivity contribution in [3.8, 4) is 15.8 Å². The standard InChI is InChI=1S/C37H25N3O4S4/c1-6-37(7-2)26-16-22(18-31-33(21(3)39-4)24-12-8-10-14-29(24)47(31,41)42)45-35(26)36-27(37)17-23(46-36)19-32-34(28(20-38)40-5)25-13-9-11-15-30(25)48(32,43)44/h8-19H,6-7H2,1-3H3/b31-18-,32-19?,33-21?,34-28+. The summed E-state index contributed by atoms with van der Waals surface area (Å²) in [6.07, 6.45) is 4.79. The molecule has 4 aromatic rings. The molecule has 11 heteroatoms. The molecule has 0 bridgehead atoms. The van der Waals surface area contributed by atoms with Crippen LogP contribution in [0.15, 0.2) is 91.7 Å². The van der Waals surface area contributed by atoms with Crippen molar-refractivity contribution in [2.45, 2.75) is 48.8 Å². The van der Waals surface area contributed by atoms with Gasteiger partial charge in [0.05, 0.1) is 38.8 Å². The summed E-state index contributed by atoms with van der Waals surface area (Å²) in [4.78, 5) is 10.7. The molecule has 0 unspecified atom stereocenters. The number of fused-ring (bicyclic) bond motifs is 5. The second kappa shape index (κ2) is 11.1. The largest absolute Gasteiger partial charge is 0.270 e. The lowest BCUT2D eigenvalue weighted by atomic mass is 9.75. The van der Waals surface area contributed by atoms with E-state index in [4.69, 9.17) is 13.1 Å². The predicted molar refractivity (Wildman–Crippen MR) is 191 cm³/mol. The van der Waals surface area contributed by atoms with E-state index in [0.29, 0.717) is 27.3 Å². The highest BCUT2D eigenvalue weighted by molar-refractivity contribution is 7.97. The smallest absolute Gasteiger partial charge is 0.242 e. The molecule has 2 aromatic carbocycles. The van der Waals surface area contributed by atoms with Crippen LogP contribution < -0.4 is 0 Å². The Hall–Kier alpha value is -4.83.